The second-order valence-corrected chi connectivity index (χ2v) is 4.28. The van der Waals surface area contributed by atoms with E-state index in [1.54, 1.807) is 12.1 Å². The highest BCUT2D eigenvalue weighted by Crippen LogP contribution is 2.27. The SMILES string of the molecule is C=Nc1ccc(Cl)nc1/N=C(\C)N1CCOCC1. The molecule has 96 valence electrons. The Balaban J connectivity index is 2.25. The van der Waals surface area contributed by atoms with Crippen molar-refractivity contribution in [1.82, 2.24) is 9.88 Å². The quantitative estimate of drug-likeness (QED) is 0.469. The molecule has 0 N–H and O–H groups in total. The third-order valence-corrected chi connectivity index (χ3v) is 2.94. The van der Waals surface area contributed by atoms with Gasteiger partial charge in [-0.1, -0.05) is 11.6 Å². The number of aliphatic imine (C=N–C) groups is 2. The Kier molecular flexibility index (Phi) is 4.28. The van der Waals surface area contributed by atoms with Crippen LogP contribution in [0.4, 0.5) is 11.5 Å². The molecule has 0 aliphatic carbocycles. The van der Waals surface area contributed by atoms with Gasteiger partial charge in [-0.3, -0.25) is 4.99 Å². The summed E-state index contributed by atoms with van der Waals surface area (Å²) in [6.07, 6.45) is 0. The lowest BCUT2D eigenvalue weighted by molar-refractivity contribution is 0.0678. The molecule has 1 saturated heterocycles. The van der Waals surface area contributed by atoms with Gasteiger partial charge in [-0.05, 0) is 25.8 Å². The van der Waals surface area contributed by atoms with Crippen LogP contribution in [0.5, 0.6) is 0 Å². The number of rotatable bonds is 2. The second kappa shape index (κ2) is 5.93. The van der Waals surface area contributed by atoms with E-state index in [4.69, 9.17) is 16.3 Å². The molecule has 5 nitrogen and oxygen atoms in total. The van der Waals surface area contributed by atoms with Gasteiger partial charge in [0.2, 0.25) is 0 Å². The van der Waals surface area contributed by atoms with Crippen LogP contribution in [0.2, 0.25) is 5.15 Å². The predicted molar refractivity (Wildman–Crippen MR) is 73.6 cm³/mol. The average Bonchev–Trinajstić information content (AvgIpc) is 2.40. The lowest BCUT2D eigenvalue weighted by Crippen LogP contribution is -2.39. The number of morpholine rings is 1. The number of nitrogens with zero attached hydrogens (tertiary/aromatic N) is 4. The van der Waals surface area contributed by atoms with Crippen LogP contribution in [0.1, 0.15) is 6.92 Å². The van der Waals surface area contributed by atoms with E-state index >= 15 is 0 Å². The zero-order valence-electron chi connectivity index (χ0n) is 10.3. The van der Waals surface area contributed by atoms with E-state index in [9.17, 15) is 0 Å². The minimum atomic E-state index is 0.399. The number of halogens is 1. The van der Waals surface area contributed by atoms with E-state index in [2.05, 4.69) is 26.6 Å². The number of pyridine rings is 1. The highest BCUT2D eigenvalue weighted by molar-refractivity contribution is 6.29. The number of amidine groups is 1. The molecule has 0 saturated carbocycles. The molecule has 1 aromatic heterocycles. The topological polar surface area (TPSA) is 50.1 Å². The van der Waals surface area contributed by atoms with Gasteiger partial charge >= 0.3 is 0 Å². The van der Waals surface area contributed by atoms with E-state index in [1.807, 2.05) is 6.92 Å². The number of hydrogen-bond acceptors (Lipinski definition) is 4. The Hall–Kier alpha value is -1.46. The fourth-order valence-corrected chi connectivity index (χ4v) is 1.88. The Morgan fingerprint density at radius 1 is 1.44 bits per heavy atom. The van der Waals surface area contributed by atoms with Crippen molar-refractivity contribution in [3.8, 4) is 0 Å². The molecule has 6 heteroatoms. The lowest BCUT2D eigenvalue weighted by atomic mass is 10.4. The summed E-state index contributed by atoms with van der Waals surface area (Å²) in [7, 11) is 0. The molecule has 0 atom stereocenters. The van der Waals surface area contributed by atoms with E-state index in [0.717, 1.165) is 32.1 Å². The third kappa shape index (κ3) is 3.05. The van der Waals surface area contributed by atoms with Crippen molar-refractivity contribution in [3.63, 3.8) is 0 Å². The minimum absolute atomic E-state index is 0.399. The lowest BCUT2D eigenvalue weighted by Gasteiger charge is -2.28. The molecular weight excluding hydrogens is 252 g/mol. The van der Waals surface area contributed by atoms with Crippen molar-refractivity contribution in [2.24, 2.45) is 9.98 Å². The van der Waals surface area contributed by atoms with Gasteiger partial charge in [0.25, 0.3) is 0 Å². The second-order valence-electron chi connectivity index (χ2n) is 3.89. The zero-order valence-corrected chi connectivity index (χ0v) is 11.0. The summed E-state index contributed by atoms with van der Waals surface area (Å²) in [5.41, 5.74) is 0.631. The van der Waals surface area contributed by atoms with Crippen molar-refractivity contribution >= 4 is 35.7 Å². The van der Waals surface area contributed by atoms with Gasteiger partial charge < -0.3 is 9.64 Å². The van der Waals surface area contributed by atoms with Crippen molar-refractivity contribution < 1.29 is 4.74 Å². The maximum atomic E-state index is 5.87. The van der Waals surface area contributed by atoms with Crippen molar-refractivity contribution in [2.75, 3.05) is 26.3 Å². The summed E-state index contributed by atoms with van der Waals surface area (Å²) in [6.45, 7) is 8.58. The van der Waals surface area contributed by atoms with Gasteiger partial charge in [0.15, 0.2) is 5.82 Å². The number of aromatic nitrogens is 1. The normalized spacial score (nSPS) is 16.8. The van der Waals surface area contributed by atoms with Gasteiger partial charge in [-0.25, -0.2) is 9.98 Å². The summed E-state index contributed by atoms with van der Waals surface area (Å²) in [6, 6.07) is 3.43. The van der Waals surface area contributed by atoms with Gasteiger partial charge in [-0.15, -0.1) is 0 Å². The van der Waals surface area contributed by atoms with Crippen LogP contribution in [0.3, 0.4) is 0 Å². The van der Waals surface area contributed by atoms with Crippen LogP contribution in [0.25, 0.3) is 0 Å². The highest BCUT2D eigenvalue weighted by Gasteiger charge is 2.12. The summed E-state index contributed by atoms with van der Waals surface area (Å²) in [5.74, 6) is 1.39. The third-order valence-electron chi connectivity index (χ3n) is 2.73. The molecular formula is C12H15ClN4O. The Bertz CT molecular complexity index is 469. The highest BCUT2D eigenvalue weighted by atomic mass is 35.5. The Morgan fingerprint density at radius 2 is 2.17 bits per heavy atom. The molecule has 0 radical (unpaired) electrons. The molecule has 1 aliphatic rings. The first-order chi connectivity index (χ1) is 8.70. The summed E-state index contributed by atoms with van der Waals surface area (Å²) >= 11 is 5.87. The van der Waals surface area contributed by atoms with Gasteiger partial charge in [-0.2, -0.15) is 0 Å². The van der Waals surface area contributed by atoms with Crippen LogP contribution in [0.15, 0.2) is 22.1 Å². The van der Waals surface area contributed by atoms with Crippen molar-refractivity contribution in [3.05, 3.63) is 17.3 Å². The molecule has 0 amide bonds. The first-order valence-electron chi connectivity index (χ1n) is 5.72. The smallest absolute Gasteiger partial charge is 0.181 e. The van der Waals surface area contributed by atoms with E-state index in [0.29, 0.717) is 16.7 Å². The van der Waals surface area contributed by atoms with Crippen molar-refractivity contribution in [2.45, 2.75) is 6.92 Å². The molecule has 0 spiro atoms. The standard InChI is InChI=1S/C12H15ClN4O/c1-9(17-5-7-18-8-6-17)15-12-10(14-2)3-4-11(13)16-12/h3-4H,2,5-8H2,1H3/b15-9+. The Labute approximate surface area is 111 Å². The predicted octanol–water partition coefficient (Wildman–Crippen LogP) is 2.45. The van der Waals surface area contributed by atoms with Crippen LogP contribution in [-0.4, -0.2) is 48.7 Å². The zero-order chi connectivity index (χ0) is 13.0. The maximum Gasteiger partial charge on any atom is 0.181 e. The van der Waals surface area contributed by atoms with Crippen LogP contribution < -0.4 is 0 Å². The minimum Gasteiger partial charge on any atom is -0.378 e. The fraction of sp³-hybridized carbons (Fsp3) is 0.417. The molecule has 1 aromatic rings. The van der Waals surface area contributed by atoms with Crippen LogP contribution in [-0.2, 0) is 4.74 Å². The van der Waals surface area contributed by atoms with Gasteiger partial charge in [0.05, 0.1) is 13.2 Å². The largest absolute Gasteiger partial charge is 0.378 e. The fourth-order valence-electron chi connectivity index (χ4n) is 1.73. The number of hydrogen-bond donors (Lipinski definition) is 0. The molecule has 2 rings (SSSR count). The van der Waals surface area contributed by atoms with Crippen LogP contribution >= 0.6 is 11.6 Å². The first kappa shape index (κ1) is 13.0. The number of ether oxygens (including phenoxy) is 1. The molecule has 18 heavy (non-hydrogen) atoms. The molecule has 2 heterocycles. The molecule has 1 aliphatic heterocycles. The average molecular weight is 267 g/mol. The summed E-state index contributed by atoms with van der Waals surface area (Å²) < 4.78 is 5.30. The van der Waals surface area contributed by atoms with E-state index in [-0.39, 0.29) is 0 Å². The van der Waals surface area contributed by atoms with Crippen LogP contribution in [0, 0.1) is 0 Å². The molecule has 0 bridgehead atoms. The van der Waals surface area contributed by atoms with Gasteiger partial charge in [0.1, 0.15) is 16.7 Å². The van der Waals surface area contributed by atoms with E-state index < -0.39 is 0 Å². The maximum absolute atomic E-state index is 5.87. The molecule has 1 fully saturated rings. The summed E-state index contributed by atoms with van der Waals surface area (Å²) in [4.78, 5) is 14.7. The summed E-state index contributed by atoms with van der Waals surface area (Å²) in [5, 5.41) is 0.399. The first-order valence-corrected chi connectivity index (χ1v) is 6.10. The Morgan fingerprint density at radius 3 is 2.83 bits per heavy atom. The van der Waals surface area contributed by atoms with Gasteiger partial charge in [0, 0.05) is 13.1 Å². The van der Waals surface area contributed by atoms with Crippen molar-refractivity contribution in [1.29, 1.82) is 0 Å². The molecule has 0 unspecified atom stereocenters. The monoisotopic (exact) mass is 266 g/mol. The molecule has 0 aromatic carbocycles. The van der Waals surface area contributed by atoms with E-state index in [1.165, 1.54) is 0 Å².